The number of Topliss-reactive ketones (excluding diaryl/α,β-unsaturated/α-hetero) is 1. The largest absolute Gasteiger partial charge is 0.293 e. The molecule has 0 N–H and O–H groups in total. The maximum absolute atomic E-state index is 12.2. The van der Waals surface area contributed by atoms with Crippen molar-refractivity contribution in [2.24, 2.45) is 0 Å². The lowest BCUT2D eigenvalue weighted by Crippen LogP contribution is -2.27. The summed E-state index contributed by atoms with van der Waals surface area (Å²) in [5.74, 6) is -0.374. The average Bonchev–Trinajstić information content (AvgIpc) is 2.36. The monoisotopic (exact) mass is 316 g/mol. The third-order valence-corrected chi connectivity index (χ3v) is 6.02. The first-order chi connectivity index (χ1) is 9.11. The molecule has 0 spiro atoms. The quantitative estimate of drug-likeness (QED) is 0.749. The van der Waals surface area contributed by atoms with E-state index in [0.717, 1.165) is 17.4 Å². The zero-order valence-electron chi connectivity index (χ0n) is 12.2. The fourth-order valence-electron chi connectivity index (χ4n) is 1.66. The molecule has 2 unspecified atom stereocenters. The van der Waals surface area contributed by atoms with Gasteiger partial charge in [0, 0.05) is 28.4 Å². The van der Waals surface area contributed by atoms with Crippen LogP contribution in [-0.4, -0.2) is 41.4 Å². The third kappa shape index (κ3) is 4.83. The number of hydrogen-bond acceptors (Lipinski definition) is 4. The summed E-state index contributed by atoms with van der Waals surface area (Å²) < 4.78 is 34.1. The van der Waals surface area contributed by atoms with Gasteiger partial charge in [0.05, 0.1) is 11.0 Å². The second kappa shape index (κ2) is 6.63. The molecule has 20 heavy (non-hydrogen) atoms. The third-order valence-electron chi connectivity index (χ3n) is 3.21. The summed E-state index contributed by atoms with van der Waals surface area (Å²) in [6, 6.07) is 5.35. The predicted molar refractivity (Wildman–Crippen MR) is 82.4 cm³/mol. The summed E-state index contributed by atoms with van der Waals surface area (Å²) in [5.41, 5.74) is 2.62. The van der Waals surface area contributed by atoms with Gasteiger partial charge in [-0.25, -0.2) is 8.42 Å². The molecule has 0 aromatic heterocycles. The van der Waals surface area contributed by atoms with Crippen LogP contribution < -0.4 is 0 Å². The maximum atomic E-state index is 12.2. The molecule has 0 heterocycles. The molecule has 2 atom stereocenters. The van der Waals surface area contributed by atoms with Gasteiger partial charge >= 0.3 is 0 Å². The van der Waals surface area contributed by atoms with Crippen molar-refractivity contribution in [2.75, 3.05) is 17.8 Å². The molecular weight excluding hydrogens is 296 g/mol. The van der Waals surface area contributed by atoms with E-state index in [1.807, 2.05) is 19.9 Å². The van der Waals surface area contributed by atoms with E-state index in [-0.39, 0.29) is 17.3 Å². The average molecular weight is 316 g/mol. The highest BCUT2D eigenvalue weighted by Gasteiger charge is 2.22. The molecule has 1 aromatic rings. The molecule has 4 nitrogen and oxygen atoms in total. The summed E-state index contributed by atoms with van der Waals surface area (Å²) >= 11 is 0. The maximum Gasteiger partial charge on any atom is 0.178 e. The molecule has 0 amide bonds. The number of hydrogen-bond donors (Lipinski definition) is 0. The Morgan fingerprint density at radius 3 is 2.35 bits per heavy atom. The van der Waals surface area contributed by atoms with Crippen molar-refractivity contribution in [2.45, 2.75) is 26.0 Å². The van der Waals surface area contributed by atoms with Gasteiger partial charge in [-0.3, -0.25) is 9.00 Å². The van der Waals surface area contributed by atoms with Crippen molar-refractivity contribution in [3.05, 3.63) is 34.9 Å². The van der Waals surface area contributed by atoms with E-state index in [2.05, 4.69) is 0 Å². The summed E-state index contributed by atoms with van der Waals surface area (Å²) in [4.78, 5) is 12.2. The molecule has 6 heteroatoms. The molecule has 0 aliphatic heterocycles. The molecule has 0 saturated heterocycles. The topological polar surface area (TPSA) is 68.3 Å². The molecule has 0 fully saturated rings. The first kappa shape index (κ1) is 17.0. The lowest BCUT2D eigenvalue weighted by molar-refractivity contribution is 0.0992. The van der Waals surface area contributed by atoms with Gasteiger partial charge in [-0.05, 0) is 38.0 Å². The summed E-state index contributed by atoms with van der Waals surface area (Å²) in [6.45, 7) is 5.45. The highest BCUT2D eigenvalue weighted by molar-refractivity contribution is 7.92. The van der Waals surface area contributed by atoms with Crippen LogP contribution in [0.5, 0.6) is 0 Å². The molecule has 0 bridgehead atoms. The lowest BCUT2D eigenvalue weighted by Gasteiger charge is -2.11. The predicted octanol–water partition coefficient (Wildman–Crippen LogP) is 1.67. The van der Waals surface area contributed by atoms with E-state index in [1.54, 1.807) is 19.1 Å². The van der Waals surface area contributed by atoms with E-state index in [9.17, 15) is 17.4 Å². The Hall–Kier alpha value is -1.01. The summed E-state index contributed by atoms with van der Waals surface area (Å²) in [7, 11) is -4.64. The van der Waals surface area contributed by atoms with Gasteiger partial charge in [-0.2, -0.15) is 0 Å². The first-order valence-corrected chi connectivity index (χ1v) is 9.72. The highest BCUT2D eigenvalue weighted by atomic mass is 32.2. The molecule has 0 aliphatic carbocycles. The van der Waals surface area contributed by atoms with Crippen molar-refractivity contribution < 1.29 is 17.4 Å². The Morgan fingerprint density at radius 2 is 1.85 bits per heavy atom. The Morgan fingerprint density at radius 1 is 1.25 bits per heavy atom. The van der Waals surface area contributed by atoms with Crippen LogP contribution in [0.15, 0.2) is 18.2 Å². The van der Waals surface area contributed by atoms with Gasteiger partial charge in [0.2, 0.25) is 0 Å². The van der Waals surface area contributed by atoms with Crippen LogP contribution in [0.4, 0.5) is 0 Å². The minimum absolute atomic E-state index is 0.00339. The second-order valence-electron chi connectivity index (χ2n) is 5.02. The highest BCUT2D eigenvalue weighted by Crippen LogP contribution is 2.14. The Bertz CT molecular complexity index is 633. The van der Waals surface area contributed by atoms with Crippen LogP contribution in [0.25, 0.3) is 0 Å². The minimum atomic E-state index is -3.16. The van der Waals surface area contributed by atoms with Gasteiger partial charge < -0.3 is 0 Å². The van der Waals surface area contributed by atoms with E-state index in [0.29, 0.717) is 5.56 Å². The smallest absolute Gasteiger partial charge is 0.178 e. The molecule has 1 rings (SSSR count). The van der Waals surface area contributed by atoms with Gasteiger partial charge in [-0.1, -0.05) is 12.1 Å². The number of rotatable bonds is 6. The van der Waals surface area contributed by atoms with Crippen LogP contribution in [0, 0.1) is 13.8 Å². The first-order valence-electron chi connectivity index (χ1n) is 6.28. The minimum Gasteiger partial charge on any atom is -0.293 e. The Balaban J connectivity index is 2.80. The van der Waals surface area contributed by atoms with Gasteiger partial charge in [-0.15, -0.1) is 0 Å². The lowest BCUT2D eigenvalue weighted by atomic mass is 10.0. The van der Waals surface area contributed by atoms with E-state index in [4.69, 9.17) is 0 Å². The molecule has 0 saturated carbocycles. The SMILES string of the molecule is Cc1ccc(C(=O)C(C)S(=O)CCS(C)(=O)=O)cc1C. The number of sulfone groups is 1. The fourth-order valence-corrected chi connectivity index (χ4v) is 4.26. The molecule has 0 aliphatic rings. The van der Waals surface area contributed by atoms with Gasteiger partial charge in [0.1, 0.15) is 9.84 Å². The Labute approximate surface area is 123 Å². The number of benzene rings is 1. The van der Waals surface area contributed by atoms with Crippen LogP contribution in [0.1, 0.15) is 28.4 Å². The van der Waals surface area contributed by atoms with Crippen molar-refractivity contribution in [3.8, 4) is 0 Å². The fraction of sp³-hybridized carbons (Fsp3) is 0.500. The number of carbonyl (C=O) groups excluding carboxylic acids is 1. The Kier molecular flexibility index (Phi) is 5.65. The van der Waals surface area contributed by atoms with Crippen LogP contribution in [0.2, 0.25) is 0 Å². The van der Waals surface area contributed by atoms with Gasteiger partial charge in [0.25, 0.3) is 0 Å². The van der Waals surface area contributed by atoms with Crippen LogP contribution >= 0.6 is 0 Å². The molecule has 0 radical (unpaired) electrons. The standard InChI is InChI=1S/C14H20O4S2/c1-10-5-6-13(9-11(10)2)14(15)12(3)19(16)7-8-20(4,17)18/h5-6,9,12H,7-8H2,1-4H3. The molecular formula is C14H20O4S2. The van der Waals surface area contributed by atoms with Crippen LogP contribution in [0.3, 0.4) is 0 Å². The molecule has 112 valence electrons. The van der Waals surface area contributed by atoms with Crippen LogP contribution in [-0.2, 0) is 20.6 Å². The number of ketones is 1. The summed E-state index contributed by atoms with van der Waals surface area (Å²) in [6.07, 6.45) is 1.10. The number of carbonyl (C=O) groups is 1. The van der Waals surface area contributed by atoms with Gasteiger partial charge in [0.15, 0.2) is 5.78 Å². The van der Waals surface area contributed by atoms with E-state index < -0.39 is 25.9 Å². The van der Waals surface area contributed by atoms with Crippen molar-refractivity contribution in [1.29, 1.82) is 0 Å². The zero-order valence-corrected chi connectivity index (χ0v) is 13.8. The van der Waals surface area contributed by atoms with Crippen molar-refractivity contribution in [1.82, 2.24) is 0 Å². The normalized spacial score (nSPS) is 14.8. The van der Waals surface area contributed by atoms with E-state index >= 15 is 0 Å². The molecule has 1 aromatic carbocycles. The summed E-state index contributed by atoms with van der Waals surface area (Å²) in [5, 5.41) is -0.696. The number of aryl methyl sites for hydroxylation is 2. The van der Waals surface area contributed by atoms with Crippen molar-refractivity contribution in [3.63, 3.8) is 0 Å². The van der Waals surface area contributed by atoms with Crippen molar-refractivity contribution >= 4 is 26.4 Å². The zero-order chi connectivity index (χ0) is 15.5. The second-order valence-corrected chi connectivity index (χ2v) is 9.16. The van der Waals surface area contributed by atoms with E-state index in [1.165, 1.54) is 0 Å².